The fourth-order valence-electron chi connectivity index (χ4n) is 0.643. The summed E-state index contributed by atoms with van der Waals surface area (Å²) in [5.74, 6) is 1.97. The summed E-state index contributed by atoms with van der Waals surface area (Å²) < 4.78 is 0. The van der Waals surface area contributed by atoms with E-state index in [4.69, 9.17) is 6.42 Å². The molecule has 1 rings (SSSR count). The molecule has 0 fully saturated rings. The maximum Gasteiger partial charge on any atom is 0.165 e. The van der Waals surface area contributed by atoms with Gasteiger partial charge in [-0.3, -0.25) is 0 Å². The summed E-state index contributed by atoms with van der Waals surface area (Å²) in [7, 11) is 0. The lowest BCUT2D eigenvalue weighted by Crippen LogP contribution is -2.19. The lowest BCUT2D eigenvalue weighted by Gasteiger charge is -2.13. The zero-order chi connectivity index (χ0) is 8.32. The first kappa shape index (κ1) is 7.70. The van der Waals surface area contributed by atoms with Crippen LogP contribution in [0.5, 0.6) is 0 Å². The van der Waals surface area contributed by atoms with Gasteiger partial charge >= 0.3 is 0 Å². The van der Waals surface area contributed by atoms with E-state index in [9.17, 15) is 5.11 Å². The lowest BCUT2D eigenvalue weighted by atomic mass is 10.0. The minimum absolute atomic E-state index is 0.377. The maximum atomic E-state index is 9.41. The second kappa shape index (κ2) is 2.69. The van der Waals surface area contributed by atoms with E-state index in [1.165, 1.54) is 19.4 Å². The van der Waals surface area contributed by atoms with E-state index < -0.39 is 5.60 Å². The number of rotatable bonds is 1. The van der Waals surface area contributed by atoms with Crippen molar-refractivity contribution in [1.29, 1.82) is 0 Å². The molecule has 0 aliphatic carbocycles. The Kier molecular flexibility index (Phi) is 1.88. The molecule has 3 heteroatoms. The Morgan fingerprint density at radius 1 is 1.73 bits per heavy atom. The zero-order valence-electron chi connectivity index (χ0n) is 6.07. The summed E-state index contributed by atoms with van der Waals surface area (Å²) in [5, 5.41) is 9.41. The van der Waals surface area contributed by atoms with E-state index in [0.29, 0.717) is 5.69 Å². The van der Waals surface area contributed by atoms with Crippen LogP contribution in [-0.4, -0.2) is 15.1 Å². The molecule has 1 heterocycles. The molecule has 0 aliphatic rings. The normalized spacial score (nSPS) is 15.0. The Morgan fingerprint density at radius 3 is 2.91 bits per heavy atom. The van der Waals surface area contributed by atoms with E-state index in [1.807, 2.05) is 5.92 Å². The first-order valence-corrected chi connectivity index (χ1v) is 3.09. The van der Waals surface area contributed by atoms with Crippen LogP contribution in [0.3, 0.4) is 0 Å². The third kappa shape index (κ3) is 1.54. The van der Waals surface area contributed by atoms with Gasteiger partial charge in [-0.15, -0.1) is 0 Å². The van der Waals surface area contributed by atoms with Gasteiger partial charge in [-0.1, -0.05) is 0 Å². The van der Waals surface area contributed by atoms with Crippen LogP contribution in [0.15, 0.2) is 18.6 Å². The highest BCUT2D eigenvalue weighted by molar-refractivity contribution is 5.18. The molecular weight excluding hydrogens is 140 g/mol. The average Bonchev–Trinajstić information content (AvgIpc) is 2.06. The van der Waals surface area contributed by atoms with Crippen LogP contribution < -0.4 is 0 Å². The minimum Gasteiger partial charge on any atom is -0.372 e. The van der Waals surface area contributed by atoms with Crippen LogP contribution >= 0.6 is 0 Å². The van der Waals surface area contributed by atoms with Crippen molar-refractivity contribution in [3.63, 3.8) is 0 Å². The number of nitrogens with zero attached hydrogens (tertiary/aromatic N) is 2. The molecule has 0 bridgehead atoms. The van der Waals surface area contributed by atoms with Crippen molar-refractivity contribution in [2.75, 3.05) is 0 Å². The molecule has 0 spiro atoms. The topological polar surface area (TPSA) is 46.0 Å². The quantitative estimate of drug-likeness (QED) is 0.580. The van der Waals surface area contributed by atoms with E-state index in [1.54, 1.807) is 6.07 Å². The van der Waals surface area contributed by atoms with Gasteiger partial charge in [0.1, 0.15) is 6.33 Å². The Labute approximate surface area is 65.1 Å². The molecule has 1 aromatic rings. The summed E-state index contributed by atoms with van der Waals surface area (Å²) in [6, 6.07) is 1.54. The van der Waals surface area contributed by atoms with Gasteiger partial charge < -0.3 is 5.11 Å². The van der Waals surface area contributed by atoms with Gasteiger partial charge in [0, 0.05) is 6.20 Å². The molecule has 0 saturated carbocycles. The monoisotopic (exact) mass is 147 g/mol. The fraction of sp³-hybridized carbons (Fsp3) is 0.250. The van der Waals surface area contributed by atoms with Gasteiger partial charge in [-0.25, -0.2) is 9.97 Å². The second-order valence-electron chi connectivity index (χ2n) is 2.29. The molecule has 3 nitrogen and oxygen atoms in total. The van der Waals surface area contributed by atoms with E-state index in [0.717, 1.165) is 0 Å². The Morgan fingerprint density at radius 2 is 2.45 bits per heavy atom. The van der Waals surface area contributed by atoms with Gasteiger partial charge in [0.15, 0.2) is 5.60 Å². The maximum absolute atomic E-state index is 9.41. The van der Waals surface area contributed by atoms with Crippen molar-refractivity contribution in [2.45, 2.75) is 12.5 Å². The predicted molar refractivity (Wildman–Crippen MR) is 38.7 cm³/mol. The van der Waals surface area contributed by atoms with E-state index >= 15 is 0 Å². The number of hydrogen-bond donors (Lipinski definition) is 1. The van der Waals surface area contributed by atoms with Gasteiger partial charge in [-0.05, 0) is 25.3 Å². The molecule has 11 heavy (non-hydrogen) atoms. The number of aromatic nitrogens is 2. The van der Waals surface area contributed by atoms with Crippen molar-refractivity contribution in [2.24, 2.45) is 0 Å². The van der Waals surface area contributed by atoms with Crippen molar-refractivity contribution in [3.05, 3.63) is 30.7 Å². The molecule has 0 aromatic carbocycles. The highest BCUT2D eigenvalue weighted by atomic mass is 16.3. The van der Waals surface area contributed by atoms with Crippen molar-refractivity contribution >= 4 is 0 Å². The molecule has 1 N–H and O–H groups in total. The molecule has 55 valence electrons. The van der Waals surface area contributed by atoms with Crippen LogP contribution in [0.1, 0.15) is 12.6 Å². The SMILES string of the molecule is [C]#CC(C)(O)c1ccncn1. The zero-order valence-corrected chi connectivity index (χ0v) is 6.07. The third-order valence-electron chi connectivity index (χ3n) is 1.32. The number of aliphatic hydroxyl groups is 1. The highest BCUT2D eigenvalue weighted by Crippen LogP contribution is 2.14. The first-order valence-electron chi connectivity index (χ1n) is 3.09. The van der Waals surface area contributed by atoms with E-state index in [2.05, 4.69) is 9.97 Å². The first-order chi connectivity index (χ1) is 5.17. The van der Waals surface area contributed by atoms with Gasteiger partial charge in [0.2, 0.25) is 0 Å². The number of hydrogen-bond acceptors (Lipinski definition) is 3. The van der Waals surface area contributed by atoms with Gasteiger partial charge in [0.25, 0.3) is 0 Å². The van der Waals surface area contributed by atoms with Crippen LogP contribution in [0.4, 0.5) is 0 Å². The summed E-state index contributed by atoms with van der Waals surface area (Å²) in [4.78, 5) is 7.46. The highest BCUT2D eigenvalue weighted by Gasteiger charge is 2.20. The summed E-state index contributed by atoms with van der Waals surface area (Å²) >= 11 is 0. The molecule has 0 saturated heterocycles. The largest absolute Gasteiger partial charge is 0.372 e. The van der Waals surface area contributed by atoms with Gasteiger partial charge in [0.05, 0.1) is 5.69 Å². The van der Waals surface area contributed by atoms with Crippen molar-refractivity contribution < 1.29 is 5.11 Å². The average molecular weight is 147 g/mol. The van der Waals surface area contributed by atoms with Crippen LogP contribution in [0, 0.1) is 12.3 Å². The molecule has 0 amide bonds. The summed E-state index contributed by atoms with van der Waals surface area (Å²) in [6.07, 6.45) is 9.61. The Bertz CT molecular complexity index is 274. The molecule has 1 unspecified atom stereocenters. The fourth-order valence-corrected chi connectivity index (χ4v) is 0.643. The standard InChI is InChI=1S/C8H7N2O/c1-3-8(2,11)7-4-5-9-6-10-7/h4-6,11H,2H3. The van der Waals surface area contributed by atoms with Gasteiger partial charge in [-0.2, -0.15) is 0 Å². The minimum atomic E-state index is -1.40. The third-order valence-corrected chi connectivity index (χ3v) is 1.32. The van der Waals surface area contributed by atoms with Crippen LogP contribution in [-0.2, 0) is 5.60 Å². The smallest absolute Gasteiger partial charge is 0.165 e. The van der Waals surface area contributed by atoms with Crippen molar-refractivity contribution in [3.8, 4) is 5.92 Å². The van der Waals surface area contributed by atoms with E-state index in [-0.39, 0.29) is 0 Å². The molecule has 0 aliphatic heterocycles. The van der Waals surface area contributed by atoms with Crippen LogP contribution in [0.2, 0.25) is 0 Å². The lowest BCUT2D eigenvalue weighted by molar-refractivity contribution is 0.117. The summed E-state index contributed by atoms with van der Waals surface area (Å²) in [5.41, 5.74) is -1.02. The Balaban J connectivity index is 3.05. The summed E-state index contributed by atoms with van der Waals surface area (Å²) in [6.45, 7) is 1.45. The second-order valence-corrected chi connectivity index (χ2v) is 2.29. The van der Waals surface area contributed by atoms with Crippen LogP contribution in [0.25, 0.3) is 0 Å². The molecular formula is C8H7N2O. The Hall–Kier alpha value is -1.40. The molecule has 1 aromatic heterocycles. The molecule has 1 atom stereocenters. The molecule has 1 radical (unpaired) electrons. The predicted octanol–water partition coefficient (Wildman–Crippen LogP) is 0.274. The van der Waals surface area contributed by atoms with Crippen molar-refractivity contribution in [1.82, 2.24) is 9.97 Å².